The fourth-order valence-electron chi connectivity index (χ4n) is 2.67. The Balaban J connectivity index is 0.00000441. The maximum absolute atomic E-state index is 5.55. The van der Waals surface area contributed by atoms with Crippen molar-refractivity contribution in [1.29, 1.82) is 0 Å². The van der Waals surface area contributed by atoms with E-state index in [0.717, 1.165) is 51.8 Å². The van der Waals surface area contributed by atoms with Crippen LogP contribution < -0.4 is 5.32 Å². The summed E-state index contributed by atoms with van der Waals surface area (Å²) in [6, 6.07) is 0. The lowest BCUT2D eigenvalue weighted by atomic mass is 9.91. The third-order valence-electron chi connectivity index (χ3n) is 3.82. The van der Waals surface area contributed by atoms with E-state index < -0.39 is 0 Å². The Morgan fingerprint density at radius 3 is 2.64 bits per heavy atom. The Hall–Kier alpha value is -0.0400. The maximum atomic E-state index is 5.55. The molecule has 1 N–H and O–H groups in total. The zero-order valence-corrected chi connectivity index (χ0v) is 17.5. The molecule has 1 aliphatic rings. The summed E-state index contributed by atoms with van der Waals surface area (Å²) in [7, 11) is 0. The molecule has 0 spiro atoms. The van der Waals surface area contributed by atoms with E-state index in [1.807, 2.05) is 0 Å². The number of aliphatic imine (C=N–C) groups is 1. The van der Waals surface area contributed by atoms with Crippen molar-refractivity contribution in [3.63, 3.8) is 0 Å². The molecule has 1 aliphatic heterocycles. The van der Waals surface area contributed by atoms with Crippen LogP contribution in [0.2, 0.25) is 0 Å². The second-order valence-electron chi connectivity index (χ2n) is 7.16. The van der Waals surface area contributed by atoms with Gasteiger partial charge in [-0.15, -0.1) is 24.0 Å². The van der Waals surface area contributed by atoms with Crippen molar-refractivity contribution in [1.82, 2.24) is 10.2 Å². The minimum Gasteiger partial charge on any atom is -0.381 e. The summed E-state index contributed by atoms with van der Waals surface area (Å²) in [4.78, 5) is 7.20. The number of hydrogen-bond donors (Lipinski definition) is 1. The molecule has 0 aliphatic carbocycles. The molecule has 4 nitrogen and oxygen atoms in total. The molecular weight excluding hydrogens is 389 g/mol. The summed E-state index contributed by atoms with van der Waals surface area (Å²) in [5.41, 5.74) is 0.407. The predicted octanol–water partition coefficient (Wildman–Crippen LogP) is 3.75. The number of likely N-dealkylation sites (tertiary alicyclic amines) is 1. The molecule has 5 heteroatoms. The molecule has 132 valence electrons. The summed E-state index contributed by atoms with van der Waals surface area (Å²) in [5, 5.41) is 3.43. The summed E-state index contributed by atoms with van der Waals surface area (Å²) in [6.07, 6.45) is 3.60. The zero-order valence-electron chi connectivity index (χ0n) is 15.2. The van der Waals surface area contributed by atoms with Gasteiger partial charge < -0.3 is 15.0 Å². The fourth-order valence-corrected chi connectivity index (χ4v) is 2.67. The molecule has 0 aromatic rings. The Labute approximate surface area is 154 Å². The first kappa shape index (κ1) is 22.0. The van der Waals surface area contributed by atoms with Crippen molar-refractivity contribution in [2.24, 2.45) is 16.3 Å². The van der Waals surface area contributed by atoms with Crippen LogP contribution in [0, 0.1) is 11.3 Å². The molecule has 1 atom stereocenters. The Morgan fingerprint density at radius 2 is 2.05 bits per heavy atom. The van der Waals surface area contributed by atoms with Gasteiger partial charge in [0.15, 0.2) is 5.96 Å². The first-order chi connectivity index (χ1) is 9.96. The van der Waals surface area contributed by atoms with Crippen LogP contribution in [-0.2, 0) is 4.74 Å². The average molecular weight is 425 g/mol. The van der Waals surface area contributed by atoms with E-state index in [1.165, 1.54) is 12.8 Å². The van der Waals surface area contributed by atoms with Gasteiger partial charge >= 0.3 is 0 Å². The average Bonchev–Trinajstić information content (AvgIpc) is 2.87. The lowest BCUT2D eigenvalue weighted by molar-refractivity contribution is 0.114. The van der Waals surface area contributed by atoms with Gasteiger partial charge in [-0.25, -0.2) is 0 Å². The quantitative estimate of drug-likeness (QED) is 0.292. The molecule has 0 amide bonds. The highest BCUT2D eigenvalue weighted by Crippen LogP contribution is 2.20. The predicted molar refractivity (Wildman–Crippen MR) is 106 cm³/mol. The summed E-state index contributed by atoms with van der Waals surface area (Å²) in [5.74, 6) is 1.74. The summed E-state index contributed by atoms with van der Waals surface area (Å²) >= 11 is 0. The van der Waals surface area contributed by atoms with Gasteiger partial charge in [-0.1, -0.05) is 20.8 Å². The van der Waals surface area contributed by atoms with E-state index in [-0.39, 0.29) is 24.0 Å². The number of rotatable bonds is 7. The summed E-state index contributed by atoms with van der Waals surface area (Å²) < 4.78 is 5.55. The molecule has 22 heavy (non-hydrogen) atoms. The van der Waals surface area contributed by atoms with Crippen LogP contribution in [0.1, 0.15) is 53.9 Å². The third-order valence-corrected chi connectivity index (χ3v) is 3.82. The van der Waals surface area contributed by atoms with Gasteiger partial charge in [-0.05, 0) is 38.5 Å². The molecule has 1 unspecified atom stereocenters. The highest BCUT2D eigenvalue weighted by Gasteiger charge is 2.24. The van der Waals surface area contributed by atoms with Crippen molar-refractivity contribution in [3.8, 4) is 0 Å². The number of ether oxygens (including phenoxy) is 1. The number of halogens is 1. The van der Waals surface area contributed by atoms with Gasteiger partial charge in [0.1, 0.15) is 0 Å². The van der Waals surface area contributed by atoms with Gasteiger partial charge in [-0.3, -0.25) is 4.99 Å². The Morgan fingerprint density at radius 1 is 1.32 bits per heavy atom. The molecule has 1 heterocycles. The number of guanidine groups is 1. The number of hydrogen-bond acceptors (Lipinski definition) is 2. The van der Waals surface area contributed by atoms with Crippen LogP contribution in [0.15, 0.2) is 4.99 Å². The highest BCUT2D eigenvalue weighted by molar-refractivity contribution is 14.0. The van der Waals surface area contributed by atoms with E-state index in [1.54, 1.807) is 0 Å². The van der Waals surface area contributed by atoms with Crippen molar-refractivity contribution < 1.29 is 4.74 Å². The van der Waals surface area contributed by atoms with Crippen LogP contribution in [0.5, 0.6) is 0 Å². The minimum absolute atomic E-state index is 0. The van der Waals surface area contributed by atoms with E-state index in [0.29, 0.717) is 11.3 Å². The normalized spacial score (nSPS) is 19.2. The largest absolute Gasteiger partial charge is 0.381 e. The van der Waals surface area contributed by atoms with Gasteiger partial charge in [0.05, 0.1) is 6.61 Å². The second kappa shape index (κ2) is 11.5. The SMILES string of the molecule is CCNC(=NCCCC(C)(C)C)N1CCC(COCC)C1.I. The maximum Gasteiger partial charge on any atom is 0.193 e. The van der Waals surface area contributed by atoms with Crippen LogP contribution in [0.3, 0.4) is 0 Å². The van der Waals surface area contributed by atoms with Gasteiger partial charge in [0.2, 0.25) is 0 Å². The number of nitrogens with one attached hydrogen (secondary N) is 1. The van der Waals surface area contributed by atoms with Crippen LogP contribution in [-0.4, -0.2) is 50.3 Å². The molecule has 1 rings (SSSR count). The van der Waals surface area contributed by atoms with E-state index in [4.69, 9.17) is 9.73 Å². The lowest BCUT2D eigenvalue weighted by Crippen LogP contribution is -2.40. The summed E-state index contributed by atoms with van der Waals surface area (Å²) in [6.45, 7) is 16.8. The molecule has 0 aromatic heterocycles. The van der Waals surface area contributed by atoms with Gasteiger partial charge in [-0.2, -0.15) is 0 Å². The fraction of sp³-hybridized carbons (Fsp3) is 0.941. The van der Waals surface area contributed by atoms with Crippen LogP contribution in [0.25, 0.3) is 0 Å². The van der Waals surface area contributed by atoms with E-state index >= 15 is 0 Å². The molecule has 0 radical (unpaired) electrons. The Kier molecular flexibility index (Phi) is 11.5. The van der Waals surface area contributed by atoms with Crippen molar-refractivity contribution >= 4 is 29.9 Å². The van der Waals surface area contributed by atoms with Crippen molar-refractivity contribution in [2.75, 3.05) is 39.4 Å². The van der Waals surface area contributed by atoms with E-state index in [2.05, 4.69) is 44.8 Å². The molecule has 0 saturated carbocycles. The molecule has 1 saturated heterocycles. The highest BCUT2D eigenvalue weighted by atomic mass is 127. The smallest absolute Gasteiger partial charge is 0.193 e. The van der Waals surface area contributed by atoms with Gasteiger partial charge in [0.25, 0.3) is 0 Å². The molecule has 0 bridgehead atoms. The minimum atomic E-state index is 0. The van der Waals surface area contributed by atoms with E-state index in [9.17, 15) is 0 Å². The molecular formula is C17H36IN3O. The monoisotopic (exact) mass is 425 g/mol. The van der Waals surface area contributed by atoms with Crippen molar-refractivity contribution in [3.05, 3.63) is 0 Å². The van der Waals surface area contributed by atoms with Crippen molar-refractivity contribution in [2.45, 2.75) is 53.9 Å². The third kappa shape index (κ3) is 9.18. The standard InChI is InChI=1S/C17H35N3O.HI/c1-6-18-16(19-11-8-10-17(3,4)5)20-12-9-15(13-20)14-21-7-2;/h15H,6-14H2,1-5H3,(H,18,19);1H. The zero-order chi connectivity index (χ0) is 15.7. The number of nitrogens with zero attached hydrogens (tertiary/aromatic N) is 2. The first-order valence-electron chi connectivity index (χ1n) is 8.57. The van der Waals surface area contributed by atoms with Crippen LogP contribution >= 0.6 is 24.0 Å². The topological polar surface area (TPSA) is 36.9 Å². The lowest BCUT2D eigenvalue weighted by Gasteiger charge is -2.22. The first-order valence-corrected chi connectivity index (χ1v) is 8.57. The Bertz CT molecular complexity index is 316. The molecule has 0 aromatic carbocycles. The molecule has 1 fully saturated rings. The van der Waals surface area contributed by atoms with Crippen LogP contribution in [0.4, 0.5) is 0 Å². The van der Waals surface area contributed by atoms with Gasteiger partial charge in [0, 0.05) is 38.7 Å². The second-order valence-corrected chi connectivity index (χ2v) is 7.16.